The van der Waals surface area contributed by atoms with E-state index in [-0.39, 0.29) is 29.5 Å². The average molecular weight is 618 g/mol. The van der Waals surface area contributed by atoms with Gasteiger partial charge in [-0.2, -0.15) is 0 Å². The van der Waals surface area contributed by atoms with Gasteiger partial charge in [-0.1, -0.05) is 48.8 Å². The van der Waals surface area contributed by atoms with Crippen LogP contribution < -0.4 is 10.6 Å². The SMILES string of the molecule is CC(C)[C@@H](NC(=O)c1ccc(Cl)c(Cl)c1)c1nnc(SCC(=O)Nc2ccc(I)cc2)n1C. The smallest absolute Gasteiger partial charge is 0.251 e. The van der Waals surface area contributed by atoms with Crippen LogP contribution in [0.25, 0.3) is 0 Å². The zero-order valence-electron chi connectivity index (χ0n) is 18.1. The molecule has 3 aromatic rings. The molecule has 2 aromatic carbocycles. The van der Waals surface area contributed by atoms with E-state index in [0.717, 1.165) is 9.26 Å². The lowest BCUT2D eigenvalue weighted by Crippen LogP contribution is -2.33. The van der Waals surface area contributed by atoms with Crippen molar-refractivity contribution in [3.63, 3.8) is 0 Å². The highest BCUT2D eigenvalue weighted by atomic mass is 127. The minimum absolute atomic E-state index is 0.0432. The lowest BCUT2D eigenvalue weighted by Gasteiger charge is -2.22. The Bertz CT molecular complexity index is 1150. The summed E-state index contributed by atoms with van der Waals surface area (Å²) in [6.07, 6.45) is 0. The van der Waals surface area contributed by atoms with Crippen molar-refractivity contribution in [2.24, 2.45) is 13.0 Å². The molecule has 1 heterocycles. The number of thioether (sulfide) groups is 1. The van der Waals surface area contributed by atoms with Gasteiger partial charge in [0.15, 0.2) is 11.0 Å². The molecule has 2 N–H and O–H groups in total. The molecule has 0 spiro atoms. The molecule has 3 rings (SSSR count). The molecule has 0 bridgehead atoms. The number of anilines is 1. The van der Waals surface area contributed by atoms with Gasteiger partial charge in [-0.05, 0) is 71.0 Å². The highest BCUT2D eigenvalue weighted by Gasteiger charge is 2.25. The summed E-state index contributed by atoms with van der Waals surface area (Å²) < 4.78 is 2.89. The monoisotopic (exact) mass is 617 g/mol. The Hall–Kier alpha value is -1.82. The van der Waals surface area contributed by atoms with E-state index in [1.54, 1.807) is 16.7 Å². The third kappa shape index (κ3) is 6.84. The number of hydrogen-bond donors (Lipinski definition) is 2. The number of rotatable bonds is 8. The predicted octanol–water partition coefficient (Wildman–Crippen LogP) is 5.58. The van der Waals surface area contributed by atoms with E-state index in [1.165, 1.54) is 17.8 Å². The van der Waals surface area contributed by atoms with Gasteiger partial charge >= 0.3 is 0 Å². The molecule has 0 saturated heterocycles. The zero-order valence-corrected chi connectivity index (χ0v) is 22.6. The van der Waals surface area contributed by atoms with Crippen molar-refractivity contribution in [2.75, 3.05) is 11.1 Å². The number of halogens is 3. The Kier molecular flexibility index (Phi) is 9.02. The molecule has 0 fully saturated rings. The van der Waals surface area contributed by atoms with Gasteiger partial charge in [-0.3, -0.25) is 9.59 Å². The van der Waals surface area contributed by atoms with Crippen molar-refractivity contribution in [3.8, 4) is 0 Å². The van der Waals surface area contributed by atoms with Crippen LogP contribution in [-0.2, 0) is 11.8 Å². The van der Waals surface area contributed by atoms with Crippen molar-refractivity contribution in [2.45, 2.75) is 25.0 Å². The molecule has 0 aliphatic rings. The summed E-state index contributed by atoms with van der Waals surface area (Å²) in [5.41, 5.74) is 1.14. The summed E-state index contributed by atoms with van der Waals surface area (Å²) >= 11 is 15.5. The van der Waals surface area contributed by atoms with Crippen molar-refractivity contribution in [1.82, 2.24) is 20.1 Å². The van der Waals surface area contributed by atoms with Crippen LogP contribution in [0.1, 0.15) is 36.1 Å². The maximum absolute atomic E-state index is 12.8. The van der Waals surface area contributed by atoms with Crippen molar-refractivity contribution < 1.29 is 9.59 Å². The number of benzene rings is 2. The number of amides is 2. The quantitative estimate of drug-likeness (QED) is 0.254. The Morgan fingerprint density at radius 2 is 1.79 bits per heavy atom. The third-order valence-corrected chi connectivity index (χ3v) is 7.22. The lowest BCUT2D eigenvalue weighted by molar-refractivity contribution is -0.113. The lowest BCUT2D eigenvalue weighted by atomic mass is 10.0. The van der Waals surface area contributed by atoms with Crippen LogP contribution in [0.3, 0.4) is 0 Å². The summed E-state index contributed by atoms with van der Waals surface area (Å²) in [4.78, 5) is 25.1. The van der Waals surface area contributed by atoms with Crippen molar-refractivity contribution in [3.05, 3.63) is 67.5 Å². The Morgan fingerprint density at radius 1 is 1.09 bits per heavy atom. The van der Waals surface area contributed by atoms with E-state index in [4.69, 9.17) is 23.2 Å². The summed E-state index contributed by atoms with van der Waals surface area (Å²) in [7, 11) is 1.81. The molecule has 2 amide bonds. The van der Waals surface area contributed by atoms with Crippen LogP contribution in [-0.4, -0.2) is 32.3 Å². The maximum atomic E-state index is 12.8. The molecule has 0 aliphatic heterocycles. The van der Waals surface area contributed by atoms with E-state index in [0.29, 0.717) is 26.6 Å². The first-order valence-electron chi connectivity index (χ1n) is 9.99. The van der Waals surface area contributed by atoms with Gasteiger partial charge in [-0.15, -0.1) is 10.2 Å². The number of nitrogens with zero attached hydrogens (tertiary/aromatic N) is 3. The molecule has 0 aliphatic carbocycles. The van der Waals surface area contributed by atoms with Crippen LogP contribution in [0.2, 0.25) is 10.0 Å². The Balaban J connectivity index is 1.67. The highest BCUT2D eigenvalue weighted by Crippen LogP contribution is 2.26. The molecule has 0 radical (unpaired) electrons. The number of aromatic nitrogens is 3. The first-order valence-corrected chi connectivity index (χ1v) is 12.8. The zero-order chi connectivity index (χ0) is 24.1. The molecule has 0 saturated carbocycles. The molecular formula is C22H22Cl2IN5O2S. The van der Waals surface area contributed by atoms with Gasteiger partial charge in [0.1, 0.15) is 0 Å². The van der Waals surface area contributed by atoms with Crippen LogP contribution in [0.4, 0.5) is 5.69 Å². The van der Waals surface area contributed by atoms with Crippen molar-refractivity contribution in [1.29, 1.82) is 0 Å². The second-order valence-corrected chi connectivity index (χ2v) is 10.6. The first-order chi connectivity index (χ1) is 15.7. The molecule has 7 nitrogen and oxygen atoms in total. The van der Waals surface area contributed by atoms with E-state index < -0.39 is 0 Å². The van der Waals surface area contributed by atoms with Crippen molar-refractivity contribution >= 4 is 75.1 Å². The molecule has 33 heavy (non-hydrogen) atoms. The van der Waals surface area contributed by atoms with Gasteiger partial charge in [-0.25, -0.2) is 0 Å². The van der Waals surface area contributed by atoms with Gasteiger partial charge in [0.2, 0.25) is 5.91 Å². The summed E-state index contributed by atoms with van der Waals surface area (Å²) in [5.74, 6) is 0.390. The van der Waals surface area contributed by atoms with Gasteiger partial charge in [0, 0.05) is 21.9 Å². The number of nitrogens with one attached hydrogen (secondary N) is 2. The summed E-state index contributed by atoms with van der Waals surface area (Å²) in [6, 6.07) is 11.9. The molecule has 174 valence electrons. The predicted molar refractivity (Wildman–Crippen MR) is 141 cm³/mol. The number of carbonyl (C=O) groups is 2. The standard InChI is InChI=1S/C22H22Cl2IN5O2S/c1-12(2)19(27-21(32)13-4-9-16(23)17(24)10-13)20-28-29-22(30(20)3)33-11-18(31)26-15-7-5-14(25)6-8-15/h4-10,12,19H,11H2,1-3H3,(H,26,31)(H,27,32)/t19-/m1/s1. The fourth-order valence-corrected chi connectivity index (χ4v) is 4.35. The first kappa shape index (κ1) is 25.8. The van der Waals surface area contributed by atoms with E-state index in [2.05, 4.69) is 43.4 Å². The maximum Gasteiger partial charge on any atom is 0.251 e. The van der Waals surface area contributed by atoms with Gasteiger partial charge in [0.25, 0.3) is 5.91 Å². The molecule has 1 aromatic heterocycles. The Morgan fingerprint density at radius 3 is 2.42 bits per heavy atom. The Labute approximate surface area is 220 Å². The second kappa shape index (κ2) is 11.5. The van der Waals surface area contributed by atoms with E-state index >= 15 is 0 Å². The van der Waals surface area contributed by atoms with Crippen LogP contribution >= 0.6 is 57.6 Å². The minimum atomic E-state index is -0.389. The highest BCUT2D eigenvalue weighted by molar-refractivity contribution is 14.1. The largest absolute Gasteiger partial charge is 0.342 e. The summed E-state index contributed by atoms with van der Waals surface area (Å²) in [5, 5.41) is 15.6. The second-order valence-electron chi connectivity index (χ2n) is 7.57. The minimum Gasteiger partial charge on any atom is -0.342 e. The van der Waals surface area contributed by atoms with E-state index in [1.807, 2.05) is 45.2 Å². The fourth-order valence-electron chi connectivity index (χ4n) is 2.97. The number of hydrogen-bond acceptors (Lipinski definition) is 5. The van der Waals surface area contributed by atoms with Crippen LogP contribution in [0, 0.1) is 9.49 Å². The molecular weight excluding hydrogens is 596 g/mol. The molecule has 11 heteroatoms. The molecule has 0 unspecified atom stereocenters. The fraction of sp³-hybridized carbons (Fsp3) is 0.273. The van der Waals surface area contributed by atoms with E-state index in [9.17, 15) is 9.59 Å². The van der Waals surface area contributed by atoms with Gasteiger partial charge < -0.3 is 15.2 Å². The molecule has 1 atom stereocenters. The normalized spacial score (nSPS) is 12.0. The van der Waals surface area contributed by atoms with Crippen LogP contribution in [0.15, 0.2) is 47.6 Å². The number of carbonyl (C=O) groups excluding carboxylic acids is 2. The topological polar surface area (TPSA) is 88.9 Å². The third-order valence-electron chi connectivity index (χ3n) is 4.74. The van der Waals surface area contributed by atoms with Crippen LogP contribution in [0.5, 0.6) is 0 Å². The summed E-state index contributed by atoms with van der Waals surface area (Å²) in [6.45, 7) is 3.96. The average Bonchev–Trinajstić information content (AvgIpc) is 3.13. The van der Waals surface area contributed by atoms with Gasteiger partial charge in [0.05, 0.1) is 21.8 Å².